The smallest absolute Gasteiger partial charge is 0.116 e. The van der Waals surface area contributed by atoms with Gasteiger partial charge in [-0.25, -0.2) is 0 Å². The standard InChI is InChI=1S/C7H10N2O2/c10-6-9-11-5-7-3-1-2-4-8-7/h1-4,9-10H,5-6H2. The van der Waals surface area contributed by atoms with Crippen molar-refractivity contribution < 1.29 is 9.94 Å². The molecule has 0 fully saturated rings. The number of pyridine rings is 1. The molecule has 4 heteroatoms. The zero-order valence-electron chi connectivity index (χ0n) is 6.03. The first-order chi connectivity index (χ1) is 5.43. The maximum atomic E-state index is 8.29. The van der Waals surface area contributed by atoms with Crippen molar-refractivity contribution >= 4 is 0 Å². The Hall–Kier alpha value is -0.970. The van der Waals surface area contributed by atoms with Crippen molar-refractivity contribution in [2.24, 2.45) is 0 Å². The third-order valence-electron chi connectivity index (χ3n) is 1.11. The molecule has 1 heterocycles. The van der Waals surface area contributed by atoms with Gasteiger partial charge in [0, 0.05) is 6.20 Å². The highest BCUT2D eigenvalue weighted by molar-refractivity contribution is 5.01. The third kappa shape index (κ3) is 3.08. The Bertz CT molecular complexity index is 191. The van der Waals surface area contributed by atoms with Crippen LogP contribution in [0, 0.1) is 0 Å². The molecular weight excluding hydrogens is 144 g/mol. The molecule has 0 saturated carbocycles. The molecule has 0 saturated heterocycles. The molecule has 1 aromatic heterocycles. The maximum Gasteiger partial charge on any atom is 0.116 e. The van der Waals surface area contributed by atoms with Crippen LogP contribution in [0.5, 0.6) is 0 Å². The van der Waals surface area contributed by atoms with Crippen LogP contribution in [0.25, 0.3) is 0 Å². The lowest BCUT2D eigenvalue weighted by atomic mass is 10.4. The third-order valence-corrected chi connectivity index (χ3v) is 1.11. The average molecular weight is 154 g/mol. The molecule has 0 radical (unpaired) electrons. The Labute approximate surface area is 64.8 Å². The molecule has 0 aliphatic rings. The normalized spacial score (nSPS) is 9.91. The second-order valence-corrected chi connectivity index (χ2v) is 1.91. The van der Waals surface area contributed by atoms with Crippen LogP contribution in [0.3, 0.4) is 0 Å². The Kier molecular flexibility index (Phi) is 3.54. The Morgan fingerprint density at radius 1 is 1.55 bits per heavy atom. The lowest BCUT2D eigenvalue weighted by Crippen LogP contribution is -2.15. The highest BCUT2D eigenvalue weighted by Gasteiger charge is 1.90. The second kappa shape index (κ2) is 4.79. The summed E-state index contributed by atoms with van der Waals surface area (Å²) in [5.41, 5.74) is 3.14. The van der Waals surface area contributed by atoms with Crippen molar-refractivity contribution in [2.75, 3.05) is 6.73 Å². The van der Waals surface area contributed by atoms with Gasteiger partial charge in [0.15, 0.2) is 0 Å². The fraction of sp³-hybridized carbons (Fsp3) is 0.286. The van der Waals surface area contributed by atoms with Gasteiger partial charge in [0.25, 0.3) is 0 Å². The summed E-state index contributed by atoms with van der Waals surface area (Å²) in [7, 11) is 0. The molecule has 0 unspecified atom stereocenters. The highest BCUT2D eigenvalue weighted by atomic mass is 16.7. The van der Waals surface area contributed by atoms with E-state index >= 15 is 0 Å². The molecule has 1 aromatic rings. The maximum absolute atomic E-state index is 8.29. The van der Waals surface area contributed by atoms with E-state index in [9.17, 15) is 0 Å². The van der Waals surface area contributed by atoms with Crippen LogP contribution in [0.1, 0.15) is 5.69 Å². The van der Waals surface area contributed by atoms with Crippen molar-refractivity contribution in [1.29, 1.82) is 0 Å². The van der Waals surface area contributed by atoms with Gasteiger partial charge >= 0.3 is 0 Å². The highest BCUT2D eigenvalue weighted by Crippen LogP contribution is 1.93. The molecule has 0 aliphatic carbocycles. The summed E-state index contributed by atoms with van der Waals surface area (Å²) in [5.74, 6) is 0. The minimum absolute atomic E-state index is 0.188. The number of hydrogen-bond acceptors (Lipinski definition) is 4. The van der Waals surface area contributed by atoms with E-state index in [2.05, 4.69) is 10.5 Å². The number of hydroxylamine groups is 1. The summed E-state index contributed by atoms with van der Waals surface area (Å²) in [6, 6.07) is 5.56. The topological polar surface area (TPSA) is 54.4 Å². The molecule has 0 spiro atoms. The van der Waals surface area contributed by atoms with Gasteiger partial charge in [0.05, 0.1) is 5.69 Å². The molecule has 2 N–H and O–H groups in total. The summed E-state index contributed by atoms with van der Waals surface area (Å²) >= 11 is 0. The molecule has 1 rings (SSSR count). The van der Waals surface area contributed by atoms with Crippen molar-refractivity contribution in [2.45, 2.75) is 6.61 Å². The van der Waals surface area contributed by atoms with Gasteiger partial charge < -0.3 is 5.11 Å². The molecular formula is C7H10N2O2. The minimum atomic E-state index is -0.188. The van der Waals surface area contributed by atoms with Crippen molar-refractivity contribution in [3.05, 3.63) is 30.1 Å². The summed E-state index contributed by atoms with van der Waals surface area (Å²) in [6.07, 6.45) is 1.69. The van der Waals surface area contributed by atoms with Crippen molar-refractivity contribution in [1.82, 2.24) is 10.5 Å². The molecule has 11 heavy (non-hydrogen) atoms. The van der Waals surface area contributed by atoms with E-state index in [1.165, 1.54) is 0 Å². The minimum Gasteiger partial charge on any atom is -0.379 e. The Morgan fingerprint density at radius 3 is 3.09 bits per heavy atom. The summed E-state index contributed by atoms with van der Waals surface area (Å²) in [4.78, 5) is 8.81. The van der Waals surface area contributed by atoms with Crippen LogP contribution in [0.4, 0.5) is 0 Å². The van der Waals surface area contributed by atoms with E-state index < -0.39 is 0 Å². The van der Waals surface area contributed by atoms with Crippen molar-refractivity contribution in [3.63, 3.8) is 0 Å². The molecule has 0 amide bonds. The fourth-order valence-electron chi connectivity index (χ4n) is 0.654. The van der Waals surface area contributed by atoms with Gasteiger partial charge in [0.1, 0.15) is 13.3 Å². The number of nitrogens with zero attached hydrogens (tertiary/aromatic N) is 1. The van der Waals surface area contributed by atoms with Gasteiger partial charge in [-0.15, -0.1) is 0 Å². The predicted molar refractivity (Wildman–Crippen MR) is 39.2 cm³/mol. The lowest BCUT2D eigenvalue weighted by Gasteiger charge is -2.00. The van der Waals surface area contributed by atoms with Gasteiger partial charge in [0.2, 0.25) is 0 Å². The molecule has 0 bridgehead atoms. The van der Waals surface area contributed by atoms with Crippen LogP contribution in [-0.2, 0) is 11.4 Å². The van der Waals surface area contributed by atoms with Crippen LogP contribution in [-0.4, -0.2) is 16.8 Å². The van der Waals surface area contributed by atoms with Gasteiger partial charge in [-0.1, -0.05) is 6.07 Å². The Balaban J connectivity index is 2.28. The monoisotopic (exact) mass is 154 g/mol. The first kappa shape index (κ1) is 8.13. The number of aliphatic hydroxyl groups is 1. The average Bonchev–Trinajstić information content (AvgIpc) is 2.07. The van der Waals surface area contributed by atoms with E-state index in [1.807, 2.05) is 18.2 Å². The van der Waals surface area contributed by atoms with E-state index in [4.69, 9.17) is 9.94 Å². The quantitative estimate of drug-likeness (QED) is 0.365. The Morgan fingerprint density at radius 2 is 2.45 bits per heavy atom. The fourth-order valence-corrected chi connectivity index (χ4v) is 0.654. The van der Waals surface area contributed by atoms with E-state index in [0.717, 1.165) is 5.69 Å². The van der Waals surface area contributed by atoms with Crippen LogP contribution in [0.15, 0.2) is 24.4 Å². The molecule has 0 atom stereocenters. The predicted octanol–water partition coefficient (Wildman–Crippen LogP) is 0.0526. The number of hydrogen-bond donors (Lipinski definition) is 2. The number of aliphatic hydroxyl groups excluding tert-OH is 1. The van der Waals surface area contributed by atoms with Gasteiger partial charge in [-0.2, -0.15) is 5.48 Å². The number of nitrogens with one attached hydrogen (secondary N) is 1. The molecule has 60 valence electrons. The van der Waals surface area contributed by atoms with Crippen LogP contribution >= 0.6 is 0 Å². The molecule has 4 nitrogen and oxygen atoms in total. The lowest BCUT2D eigenvalue weighted by molar-refractivity contribution is -0.0169. The first-order valence-electron chi connectivity index (χ1n) is 3.29. The SMILES string of the molecule is OCNOCc1ccccn1. The van der Waals surface area contributed by atoms with Gasteiger partial charge in [-0.3, -0.25) is 9.82 Å². The largest absolute Gasteiger partial charge is 0.379 e. The van der Waals surface area contributed by atoms with Gasteiger partial charge in [-0.05, 0) is 12.1 Å². The van der Waals surface area contributed by atoms with E-state index in [-0.39, 0.29) is 6.73 Å². The summed E-state index contributed by atoms with van der Waals surface area (Å²) in [6.45, 7) is 0.175. The zero-order chi connectivity index (χ0) is 7.94. The number of rotatable bonds is 4. The summed E-state index contributed by atoms with van der Waals surface area (Å²) < 4.78 is 0. The number of aromatic nitrogens is 1. The summed E-state index contributed by atoms with van der Waals surface area (Å²) in [5, 5.41) is 8.29. The first-order valence-corrected chi connectivity index (χ1v) is 3.29. The zero-order valence-corrected chi connectivity index (χ0v) is 6.03. The molecule has 0 aliphatic heterocycles. The van der Waals surface area contributed by atoms with E-state index in [1.54, 1.807) is 6.20 Å². The van der Waals surface area contributed by atoms with Crippen LogP contribution < -0.4 is 5.48 Å². The molecule has 0 aromatic carbocycles. The van der Waals surface area contributed by atoms with Crippen LogP contribution in [0.2, 0.25) is 0 Å². The van der Waals surface area contributed by atoms with Crippen molar-refractivity contribution in [3.8, 4) is 0 Å². The van der Waals surface area contributed by atoms with E-state index in [0.29, 0.717) is 6.61 Å². The second-order valence-electron chi connectivity index (χ2n) is 1.91.